The molecule has 0 fully saturated rings. The molecule has 0 radical (unpaired) electrons. The van der Waals surface area contributed by atoms with Crippen LogP contribution in [0, 0.1) is 19.8 Å². The molecule has 3 amide bonds. The second kappa shape index (κ2) is 18.8. The van der Waals surface area contributed by atoms with Gasteiger partial charge in [-0.2, -0.15) is 0 Å². The number of aryl methyl sites for hydroxylation is 1. The van der Waals surface area contributed by atoms with Crippen LogP contribution in [0.25, 0.3) is 0 Å². The minimum Gasteiger partial charge on any atom is -0.444 e. The van der Waals surface area contributed by atoms with Crippen LogP contribution in [-0.4, -0.2) is 47.5 Å². The van der Waals surface area contributed by atoms with Gasteiger partial charge in [-0.15, -0.1) is 0 Å². The van der Waals surface area contributed by atoms with Crippen molar-refractivity contribution in [3.63, 3.8) is 0 Å². The van der Waals surface area contributed by atoms with Gasteiger partial charge in [-0.1, -0.05) is 90.8 Å². The molecule has 1 aromatic rings. The zero-order chi connectivity index (χ0) is 31.0. The molecule has 2 atom stereocenters. The number of carbonyl (C=O) groups excluding carboxylic acids is 3. The van der Waals surface area contributed by atoms with Crippen LogP contribution in [0.15, 0.2) is 18.2 Å². The minimum absolute atomic E-state index is 0.150. The van der Waals surface area contributed by atoms with Gasteiger partial charge in [0, 0.05) is 13.1 Å². The Kier molecular flexibility index (Phi) is 16.7. The van der Waals surface area contributed by atoms with Crippen molar-refractivity contribution in [3.05, 3.63) is 34.9 Å². The maximum atomic E-state index is 14.4. The van der Waals surface area contributed by atoms with Gasteiger partial charge in [0.15, 0.2) is 0 Å². The molecule has 0 heterocycles. The third kappa shape index (κ3) is 13.8. The Morgan fingerprint density at radius 3 is 2.12 bits per heavy atom. The highest BCUT2D eigenvalue weighted by atomic mass is 16.6. The Balaban J connectivity index is 3.49. The van der Waals surface area contributed by atoms with Gasteiger partial charge in [0.1, 0.15) is 17.7 Å². The predicted octanol–water partition coefficient (Wildman–Crippen LogP) is 7.78. The van der Waals surface area contributed by atoms with Gasteiger partial charge in [0.25, 0.3) is 0 Å². The third-order valence-corrected chi connectivity index (χ3v) is 7.31. The fourth-order valence-corrected chi connectivity index (χ4v) is 4.98. The Morgan fingerprint density at radius 1 is 0.902 bits per heavy atom. The van der Waals surface area contributed by atoms with Gasteiger partial charge in [-0.25, -0.2) is 4.79 Å². The molecule has 0 aliphatic rings. The minimum atomic E-state index is -0.801. The van der Waals surface area contributed by atoms with Gasteiger partial charge in [0.05, 0.1) is 0 Å². The van der Waals surface area contributed by atoms with E-state index in [-0.39, 0.29) is 17.7 Å². The Hall–Kier alpha value is -2.57. The monoisotopic (exact) mass is 573 g/mol. The maximum Gasteiger partial charge on any atom is 0.408 e. The van der Waals surface area contributed by atoms with Crippen LogP contribution in [0.4, 0.5) is 4.79 Å². The number of nitrogens with one attached hydrogen (secondary N) is 2. The standard InChI is InChI=1S/C34H59N3O4/c1-10-12-14-15-16-18-23-37(32(39)29(24-25(3)4)36-33(40)41-34(7,8)9)30(31(38)35-22-17-13-11-2)28-21-19-20-26(5)27(28)6/h19-21,25,29-30H,10-18,22-24H2,1-9H3,(H,35,38)(H,36,40). The van der Waals surface area contributed by atoms with E-state index in [1.54, 1.807) is 25.7 Å². The first kappa shape index (κ1) is 36.5. The fraction of sp³-hybridized carbons (Fsp3) is 0.735. The Bertz CT molecular complexity index is 938. The Morgan fingerprint density at radius 2 is 1.51 bits per heavy atom. The molecular formula is C34H59N3O4. The lowest BCUT2D eigenvalue weighted by molar-refractivity contribution is -0.143. The van der Waals surface area contributed by atoms with E-state index in [0.717, 1.165) is 55.2 Å². The molecule has 1 aromatic carbocycles. The van der Waals surface area contributed by atoms with Crippen molar-refractivity contribution in [2.24, 2.45) is 5.92 Å². The van der Waals surface area contributed by atoms with E-state index in [9.17, 15) is 14.4 Å². The van der Waals surface area contributed by atoms with Crippen molar-refractivity contribution in [1.29, 1.82) is 0 Å². The summed E-state index contributed by atoms with van der Waals surface area (Å²) in [5.41, 5.74) is 2.22. The Labute approximate surface area is 250 Å². The van der Waals surface area contributed by atoms with E-state index in [2.05, 4.69) is 24.5 Å². The zero-order valence-corrected chi connectivity index (χ0v) is 27.5. The van der Waals surface area contributed by atoms with Gasteiger partial charge in [-0.05, 0) is 76.5 Å². The van der Waals surface area contributed by atoms with Crippen LogP contribution < -0.4 is 10.6 Å². The summed E-state index contributed by atoms with van der Waals surface area (Å²) >= 11 is 0. The summed E-state index contributed by atoms with van der Waals surface area (Å²) in [7, 11) is 0. The lowest BCUT2D eigenvalue weighted by atomic mass is 9.94. The summed E-state index contributed by atoms with van der Waals surface area (Å²) in [4.78, 5) is 42.9. The smallest absolute Gasteiger partial charge is 0.408 e. The molecule has 0 spiro atoms. The lowest BCUT2D eigenvalue weighted by Gasteiger charge is -2.36. The summed E-state index contributed by atoms with van der Waals surface area (Å²) in [6, 6.07) is 4.35. The highest BCUT2D eigenvalue weighted by molar-refractivity contribution is 5.92. The van der Waals surface area contributed by atoms with Crippen molar-refractivity contribution < 1.29 is 19.1 Å². The van der Waals surface area contributed by atoms with E-state index in [1.807, 2.05) is 45.9 Å². The average molecular weight is 574 g/mol. The van der Waals surface area contributed by atoms with Crippen molar-refractivity contribution in [2.45, 2.75) is 144 Å². The summed E-state index contributed by atoms with van der Waals surface area (Å²) in [6.45, 7) is 18.8. The number of hydrogen-bond donors (Lipinski definition) is 2. The molecule has 7 heteroatoms. The van der Waals surface area contributed by atoms with Crippen LogP contribution >= 0.6 is 0 Å². The molecule has 0 bridgehead atoms. The number of benzene rings is 1. The molecule has 0 aliphatic carbocycles. The number of ether oxygens (including phenoxy) is 1. The largest absolute Gasteiger partial charge is 0.444 e. The molecule has 0 aromatic heterocycles. The first-order valence-electron chi connectivity index (χ1n) is 16.0. The maximum absolute atomic E-state index is 14.4. The molecule has 2 unspecified atom stereocenters. The molecule has 7 nitrogen and oxygen atoms in total. The SMILES string of the molecule is CCCCCCCCN(C(=O)C(CC(C)C)NC(=O)OC(C)(C)C)C(C(=O)NCCCCC)c1cccc(C)c1C. The number of amides is 3. The van der Waals surface area contributed by atoms with Crippen LogP contribution in [0.3, 0.4) is 0 Å². The predicted molar refractivity (Wildman–Crippen MR) is 169 cm³/mol. The summed E-state index contributed by atoms with van der Waals surface area (Å²) in [5, 5.41) is 5.97. The second-order valence-corrected chi connectivity index (χ2v) is 12.8. The number of rotatable bonds is 18. The molecule has 0 saturated heterocycles. The van der Waals surface area contributed by atoms with Gasteiger partial charge in [-0.3, -0.25) is 9.59 Å². The van der Waals surface area contributed by atoms with Crippen LogP contribution in [0.1, 0.15) is 135 Å². The van der Waals surface area contributed by atoms with Gasteiger partial charge >= 0.3 is 6.09 Å². The molecule has 41 heavy (non-hydrogen) atoms. The molecular weight excluding hydrogens is 514 g/mol. The normalized spacial score (nSPS) is 13.0. The van der Waals surface area contributed by atoms with E-state index in [4.69, 9.17) is 4.74 Å². The van der Waals surface area contributed by atoms with E-state index in [1.165, 1.54) is 19.3 Å². The summed E-state index contributed by atoms with van der Waals surface area (Å²) in [6.07, 6.45) is 9.22. The number of nitrogens with zero attached hydrogens (tertiary/aromatic N) is 1. The van der Waals surface area contributed by atoms with Crippen molar-refractivity contribution >= 4 is 17.9 Å². The number of carbonyl (C=O) groups is 3. The first-order chi connectivity index (χ1) is 19.3. The van der Waals surface area contributed by atoms with Crippen LogP contribution in [0.5, 0.6) is 0 Å². The quantitative estimate of drug-likeness (QED) is 0.176. The number of alkyl carbamates (subject to hydrolysis) is 1. The first-order valence-corrected chi connectivity index (χ1v) is 16.0. The summed E-state index contributed by atoms with van der Waals surface area (Å²) < 4.78 is 5.52. The third-order valence-electron chi connectivity index (χ3n) is 7.31. The number of hydrogen-bond acceptors (Lipinski definition) is 4. The van der Waals surface area contributed by atoms with Crippen molar-refractivity contribution in [3.8, 4) is 0 Å². The van der Waals surface area contributed by atoms with Crippen molar-refractivity contribution in [2.75, 3.05) is 13.1 Å². The second-order valence-electron chi connectivity index (χ2n) is 12.8. The average Bonchev–Trinajstić information content (AvgIpc) is 2.88. The highest BCUT2D eigenvalue weighted by Gasteiger charge is 2.37. The lowest BCUT2D eigenvalue weighted by Crippen LogP contribution is -2.53. The number of unbranched alkanes of at least 4 members (excludes halogenated alkanes) is 7. The van der Waals surface area contributed by atoms with Crippen molar-refractivity contribution in [1.82, 2.24) is 15.5 Å². The molecule has 1 rings (SSSR count). The molecule has 0 aliphatic heterocycles. The van der Waals surface area contributed by atoms with Gasteiger partial charge < -0.3 is 20.3 Å². The van der Waals surface area contributed by atoms with E-state index >= 15 is 0 Å². The van der Waals surface area contributed by atoms with E-state index < -0.39 is 23.8 Å². The zero-order valence-electron chi connectivity index (χ0n) is 27.5. The highest BCUT2D eigenvalue weighted by Crippen LogP contribution is 2.29. The molecule has 2 N–H and O–H groups in total. The van der Waals surface area contributed by atoms with E-state index in [0.29, 0.717) is 19.5 Å². The topological polar surface area (TPSA) is 87.7 Å². The van der Waals surface area contributed by atoms with Gasteiger partial charge in [0.2, 0.25) is 11.8 Å². The fourth-order valence-electron chi connectivity index (χ4n) is 4.98. The van der Waals surface area contributed by atoms with Crippen LogP contribution in [0.2, 0.25) is 0 Å². The molecule has 234 valence electrons. The molecule has 0 saturated carbocycles. The van der Waals surface area contributed by atoms with Crippen LogP contribution in [-0.2, 0) is 14.3 Å². The summed E-state index contributed by atoms with van der Waals surface area (Å²) in [5.74, 6) is -0.265.